The second kappa shape index (κ2) is 6.78. The molecule has 0 saturated heterocycles. The van der Waals surface area contributed by atoms with Crippen LogP contribution in [0.4, 0.5) is 0 Å². The standard InChI is InChI=1S/C16H14IN4O/c1-11-18-20-16(21-19-11)12-3-5-13(6-4-12)17-14-7-9-15(22-2)10-8-14/h3-10H,1-2H3/q-1. The Morgan fingerprint density at radius 1 is 0.773 bits per heavy atom. The average molecular weight is 405 g/mol. The fraction of sp³-hybridized carbons (Fsp3) is 0.125. The second-order valence-electron chi connectivity index (χ2n) is 4.53. The zero-order chi connectivity index (χ0) is 15.4. The average Bonchev–Trinajstić information content (AvgIpc) is 2.57. The number of methoxy groups -OCH3 is 1. The summed E-state index contributed by atoms with van der Waals surface area (Å²) in [7, 11) is 1.68. The van der Waals surface area contributed by atoms with Gasteiger partial charge in [0.2, 0.25) is 0 Å². The maximum atomic E-state index is 5.18. The first-order valence-electron chi connectivity index (χ1n) is 6.68. The number of aromatic nitrogens is 4. The van der Waals surface area contributed by atoms with Crippen LogP contribution < -0.4 is 25.9 Å². The van der Waals surface area contributed by atoms with Crippen LogP contribution in [0, 0.1) is 14.1 Å². The number of ether oxygens (including phenoxy) is 1. The van der Waals surface area contributed by atoms with Crippen molar-refractivity contribution in [2.45, 2.75) is 6.92 Å². The molecule has 0 bridgehead atoms. The number of benzene rings is 2. The van der Waals surface area contributed by atoms with E-state index in [4.69, 9.17) is 4.74 Å². The third-order valence-corrected chi connectivity index (χ3v) is 5.63. The molecule has 0 N–H and O–H groups in total. The van der Waals surface area contributed by atoms with Crippen LogP contribution in [0.1, 0.15) is 5.82 Å². The van der Waals surface area contributed by atoms with Gasteiger partial charge in [-0.05, 0) is 0 Å². The van der Waals surface area contributed by atoms with Crippen LogP contribution in [0.15, 0.2) is 48.5 Å². The van der Waals surface area contributed by atoms with Crippen LogP contribution in [0.5, 0.6) is 5.75 Å². The molecular weight excluding hydrogens is 391 g/mol. The quantitative estimate of drug-likeness (QED) is 0.542. The Bertz CT molecular complexity index is 743. The van der Waals surface area contributed by atoms with Gasteiger partial charge in [0.05, 0.1) is 0 Å². The Morgan fingerprint density at radius 3 is 1.86 bits per heavy atom. The molecule has 0 aliphatic rings. The fourth-order valence-corrected chi connectivity index (χ4v) is 3.97. The Balaban J connectivity index is 1.74. The summed E-state index contributed by atoms with van der Waals surface area (Å²) in [5.74, 6) is 2.02. The third-order valence-electron chi connectivity index (χ3n) is 2.95. The van der Waals surface area contributed by atoms with E-state index in [1.165, 1.54) is 7.14 Å². The van der Waals surface area contributed by atoms with Crippen LogP contribution in [0.25, 0.3) is 11.4 Å². The fourth-order valence-electron chi connectivity index (χ4n) is 1.82. The summed E-state index contributed by atoms with van der Waals surface area (Å²) in [6, 6.07) is 16.5. The summed E-state index contributed by atoms with van der Waals surface area (Å²) in [6.07, 6.45) is 0. The zero-order valence-corrected chi connectivity index (χ0v) is 14.4. The van der Waals surface area contributed by atoms with Crippen LogP contribution in [0.2, 0.25) is 0 Å². The van der Waals surface area contributed by atoms with Crippen molar-refractivity contribution in [1.29, 1.82) is 0 Å². The topological polar surface area (TPSA) is 60.8 Å². The van der Waals surface area contributed by atoms with Crippen molar-refractivity contribution < 1.29 is 25.9 Å². The molecule has 2 aromatic carbocycles. The molecule has 0 aliphatic carbocycles. The van der Waals surface area contributed by atoms with Gasteiger partial charge < -0.3 is 0 Å². The monoisotopic (exact) mass is 405 g/mol. The Kier molecular flexibility index (Phi) is 4.57. The van der Waals surface area contributed by atoms with E-state index >= 15 is 0 Å². The molecule has 112 valence electrons. The van der Waals surface area contributed by atoms with E-state index in [1.807, 2.05) is 24.3 Å². The second-order valence-corrected chi connectivity index (χ2v) is 7.56. The van der Waals surface area contributed by atoms with Crippen molar-refractivity contribution in [2.75, 3.05) is 7.11 Å². The van der Waals surface area contributed by atoms with E-state index in [0.29, 0.717) is 11.6 Å². The molecule has 0 amide bonds. The van der Waals surface area contributed by atoms with Gasteiger partial charge in [0, 0.05) is 0 Å². The number of nitrogens with zero attached hydrogens (tertiary/aromatic N) is 4. The molecule has 0 saturated carbocycles. The molecule has 0 spiro atoms. The van der Waals surface area contributed by atoms with E-state index in [-0.39, 0.29) is 21.2 Å². The van der Waals surface area contributed by atoms with E-state index in [0.717, 1.165) is 11.3 Å². The molecule has 1 heterocycles. The number of halogens is 1. The molecule has 0 fully saturated rings. The van der Waals surface area contributed by atoms with Gasteiger partial charge in [-0.3, -0.25) is 0 Å². The summed E-state index contributed by atoms with van der Waals surface area (Å²) in [5, 5.41) is 16.0. The first-order chi connectivity index (χ1) is 10.7. The van der Waals surface area contributed by atoms with Crippen molar-refractivity contribution in [3.05, 3.63) is 61.5 Å². The molecule has 22 heavy (non-hydrogen) atoms. The van der Waals surface area contributed by atoms with Crippen molar-refractivity contribution in [3.8, 4) is 17.1 Å². The van der Waals surface area contributed by atoms with Crippen LogP contribution >= 0.6 is 0 Å². The maximum absolute atomic E-state index is 5.18. The number of rotatable bonds is 4. The molecule has 1 aromatic heterocycles. The van der Waals surface area contributed by atoms with Crippen LogP contribution in [0.3, 0.4) is 0 Å². The third kappa shape index (κ3) is 3.56. The van der Waals surface area contributed by atoms with Crippen molar-refractivity contribution in [1.82, 2.24) is 20.4 Å². The first-order valence-corrected chi connectivity index (χ1v) is 8.83. The molecule has 3 aromatic rings. The molecule has 0 unspecified atom stereocenters. The summed E-state index contributed by atoms with van der Waals surface area (Å²) in [4.78, 5) is 0. The molecule has 6 heteroatoms. The van der Waals surface area contributed by atoms with Gasteiger partial charge in [0.1, 0.15) is 0 Å². The van der Waals surface area contributed by atoms with Gasteiger partial charge in [-0.1, -0.05) is 0 Å². The van der Waals surface area contributed by atoms with Crippen molar-refractivity contribution >= 4 is 0 Å². The van der Waals surface area contributed by atoms with E-state index in [9.17, 15) is 0 Å². The summed E-state index contributed by atoms with van der Waals surface area (Å²) < 4.78 is 7.86. The van der Waals surface area contributed by atoms with Gasteiger partial charge in [-0.25, -0.2) is 0 Å². The minimum atomic E-state index is -0.205. The zero-order valence-electron chi connectivity index (χ0n) is 12.2. The van der Waals surface area contributed by atoms with Crippen molar-refractivity contribution in [3.63, 3.8) is 0 Å². The predicted molar refractivity (Wildman–Crippen MR) is 78.2 cm³/mol. The molecular formula is C16H14IN4O-. The number of aryl methyl sites for hydroxylation is 1. The SMILES string of the molecule is COc1ccc([I-]c2ccc(-c3nnc(C)nn3)cc2)cc1. The van der Waals surface area contributed by atoms with E-state index < -0.39 is 0 Å². The molecule has 0 radical (unpaired) electrons. The summed E-state index contributed by atoms with van der Waals surface area (Å²) in [6.45, 7) is 1.77. The van der Waals surface area contributed by atoms with E-state index in [1.54, 1.807) is 14.0 Å². The molecule has 0 atom stereocenters. The Hall–Kier alpha value is -2.09. The minimum absolute atomic E-state index is 0.205. The van der Waals surface area contributed by atoms with Gasteiger partial charge in [0.25, 0.3) is 0 Å². The Labute approximate surface area is 139 Å². The summed E-state index contributed by atoms with van der Waals surface area (Å²) in [5.41, 5.74) is 0.933. The van der Waals surface area contributed by atoms with Gasteiger partial charge in [-0.2, -0.15) is 0 Å². The van der Waals surface area contributed by atoms with Gasteiger partial charge in [-0.15, -0.1) is 0 Å². The van der Waals surface area contributed by atoms with Gasteiger partial charge >= 0.3 is 139 Å². The van der Waals surface area contributed by atoms with Gasteiger partial charge in [0.15, 0.2) is 0 Å². The molecule has 5 nitrogen and oxygen atoms in total. The summed E-state index contributed by atoms with van der Waals surface area (Å²) >= 11 is -0.205. The van der Waals surface area contributed by atoms with E-state index in [2.05, 4.69) is 44.7 Å². The first kappa shape index (κ1) is 14.8. The molecule has 3 rings (SSSR count). The van der Waals surface area contributed by atoms with Crippen LogP contribution in [-0.2, 0) is 0 Å². The van der Waals surface area contributed by atoms with Crippen molar-refractivity contribution in [2.24, 2.45) is 0 Å². The normalized spacial score (nSPS) is 10.6. The number of hydrogen-bond donors (Lipinski definition) is 0. The Morgan fingerprint density at radius 2 is 1.32 bits per heavy atom. The predicted octanol–water partition coefficient (Wildman–Crippen LogP) is -0.621. The number of hydrogen-bond acceptors (Lipinski definition) is 5. The van der Waals surface area contributed by atoms with Crippen LogP contribution in [-0.4, -0.2) is 27.5 Å². The molecule has 0 aliphatic heterocycles.